The Kier molecular flexibility index (Phi) is 7.29. The van der Waals surface area contributed by atoms with Gasteiger partial charge in [0, 0.05) is 12.1 Å². The molecule has 4 heteroatoms. The minimum Gasteiger partial charge on any atom is -0.329 e. The molecule has 0 aromatic carbocycles. The molecule has 1 rings (SSSR count). The van der Waals surface area contributed by atoms with Crippen LogP contribution in [0.1, 0.15) is 32.6 Å². The summed E-state index contributed by atoms with van der Waals surface area (Å²) in [5.41, 5.74) is 6.37. The summed E-state index contributed by atoms with van der Waals surface area (Å²) in [4.78, 5) is 7.37. The van der Waals surface area contributed by atoms with E-state index in [-0.39, 0.29) is 5.54 Å². The fraction of sp³-hybridized carbons (Fsp3) is 1.00. The quantitative estimate of drug-likeness (QED) is 0.716. The molecule has 0 aliphatic carbocycles. The molecule has 0 aromatic rings. The molecule has 2 N–H and O–H groups in total. The molecule has 1 heterocycles. The number of piperidine rings is 1. The number of nitrogens with zero attached hydrogens (tertiary/aromatic N) is 3. The van der Waals surface area contributed by atoms with Gasteiger partial charge in [-0.05, 0) is 79.6 Å². The van der Waals surface area contributed by atoms with E-state index in [1.165, 1.54) is 45.3 Å². The molecule has 1 aliphatic rings. The third-order valence-electron chi connectivity index (χ3n) is 4.62. The second-order valence-electron chi connectivity index (χ2n) is 6.35. The van der Waals surface area contributed by atoms with Crippen LogP contribution in [-0.2, 0) is 0 Å². The van der Waals surface area contributed by atoms with E-state index in [4.69, 9.17) is 5.73 Å². The molecule has 4 nitrogen and oxygen atoms in total. The van der Waals surface area contributed by atoms with Gasteiger partial charge in [-0.2, -0.15) is 0 Å². The van der Waals surface area contributed by atoms with Gasteiger partial charge in [0.1, 0.15) is 0 Å². The van der Waals surface area contributed by atoms with Gasteiger partial charge in [-0.3, -0.25) is 4.90 Å². The molecule has 1 aliphatic heterocycles. The molecule has 0 unspecified atom stereocenters. The van der Waals surface area contributed by atoms with Crippen LogP contribution in [0.4, 0.5) is 0 Å². The predicted octanol–water partition coefficient (Wildman–Crippen LogP) is 1.07. The van der Waals surface area contributed by atoms with Gasteiger partial charge in [0.05, 0.1) is 0 Å². The van der Waals surface area contributed by atoms with Gasteiger partial charge in [-0.15, -0.1) is 0 Å². The first-order chi connectivity index (χ1) is 9.04. The monoisotopic (exact) mass is 270 g/mol. The maximum Gasteiger partial charge on any atom is 0.0353 e. The second-order valence-corrected chi connectivity index (χ2v) is 6.35. The van der Waals surface area contributed by atoms with Crippen molar-refractivity contribution < 1.29 is 0 Å². The Labute approximate surface area is 119 Å². The maximum atomic E-state index is 6.12. The zero-order valence-corrected chi connectivity index (χ0v) is 13.5. The molecule has 19 heavy (non-hydrogen) atoms. The van der Waals surface area contributed by atoms with E-state index in [1.54, 1.807) is 0 Å². The molecular formula is C15H34N4. The summed E-state index contributed by atoms with van der Waals surface area (Å²) in [5.74, 6) is 0. The van der Waals surface area contributed by atoms with Crippen molar-refractivity contribution in [3.8, 4) is 0 Å². The first kappa shape index (κ1) is 16.9. The van der Waals surface area contributed by atoms with Crippen molar-refractivity contribution in [1.82, 2.24) is 14.7 Å². The SMILES string of the molecule is CCCN1CCC(CN)(N(C)CCCN(C)C)CC1. The Hall–Kier alpha value is -0.160. The third-order valence-corrected chi connectivity index (χ3v) is 4.62. The van der Waals surface area contributed by atoms with Gasteiger partial charge in [0.2, 0.25) is 0 Å². The van der Waals surface area contributed by atoms with Crippen LogP contribution in [0, 0.1) is 0 Å². The van der Waals surface area contributed by atoms with Crippen LogP contribution in [0.25, 0.3) is 0 Å². The van der Waals surface area contributed by atoms with Crippen LogP contribution >= 0.6 is 0 Å². The fourth-order valence-corrected chi connectivity index (χ4v) is 3.11. The van der Waals surface area contributed by atoms with E-state index in [9.17, 15) is 0 Å². The van der Waals surface area contributed by atoms with Crippen molar-refractivity contribution in [2.75, 3.05) is 60.4 Å². The van der Waals surface area contributed by atoms with E-state index in [0.717, 1.165) is 19.6 Å². The standard InChI is InChI=1S/C15H34N4/c1-5-9-19-12-7-15(14-16,8-13-19)18(4)11-6-10-17(2)3/h5-14,16H2,1-4H3. The number of likely N-dealkylation sites (N-methyl/N-ethyl adjacent to an activating group) is 1. The Morgan fingerprint density at radius 2 is 1.74 bits per heavy atom. The summed E-state index contributed by atoms with van der Waals surface area (Å²) in [6, 6.07) is 0. The molecule has 0 spiro atoms. The summed E-state index contributed by atoms with van der Waals surface area (Å²) in [6.45, 7) is 9.04. The Bertz CT molecular complexity index is 234. The van der Waals surface area contributed by atoms with Crippen molar-refractivity contribution >= 4 is 0 Å². The lowest BCUT2D eigenvalue weighted by Crippen LogP contribution is -2.58. The van der Waals surface area contributed by atoms with Crippen molar-refractivity contribution in [3.05, 3.63) is 0 Å². The van der Waals surface area contributed by atoms with Crippen molar-refractivity contribution in [2.24, 2.45) is 5.73 Å². The summed E-state index contributed by atoms with van der Waals surface area (Å²) >= 11 is 0. The van der Waals surface area contributed by atoms with Gasteiger partial charge in [-0.1, -0.05) is 6.92 Å². The number of nitrogens with two attached hydrogens (primary N) is 1. The Morgan fingerprint density at radius 3 is 2.21 bits per heavy atom. The highest BCUT2D eigenvalue weighted by Crippen LogP contribution is 2.27. The highest BCUT2D eigenvalue weighted by atomic mass is 15.2. The van der Waals surface area contributed by atoms with Gasteiger partial charge < -0.3 is 15.5 Å². The number of hydrogen-bond donors (Lipinski definition) is 1. The largest absolute Gasteiger partial charge is 0.329 e. The normalized spacial score (nSPS) is 20.4. The molecule has 0 saturated carbocycles. The molecule has 0 atom stereocenters. The summed E-state index contributed by atoms with van der Waals surface area (Å²) in [5, 5.41) is 0. The van der Waals surface area contributed by atoms with Crippen LogP contribution in [-0.4, -0.2) is 80.7 Å². The molecular weight excluding hydrogens is 236 g/mol. The van der Waals surface area contributed by atoms with E-state index < -0.39 is 0 Å². The van der Waals surface area contributed by atoms with Gasteiger partial charge in [-0.25, -0.2) is 0 Å². The van der Waals surface area contributed by atoms with E-state index in [0.29, 0.717) is 0 Å². The van der Waals surface area contributed by atoms with Crippen LogP contribution in [0.15, 0.2) is 0 Å². The van der Waals surface area contributed by atoms with Crippen molar-refractivity contribution in [2.45, 2.75) is 38.1 Å². The fourth-order valence-electron chi connectivity index (χ4n) is 3.11. The average Bonchev–Trinajstić information content (AvgIpc) is 2.39. The van der Waals surface area contributed by atoms with Gasteiger partial charge >= 0.3 is 0 Å². The van der Waals surface area contributed by atoms with Crippen LogP contribution in [0.3, 0.4) is 0 Å². The zero-order valence-electron chi connectivity index (χ0n) is 13.5. The van der Waals surface area contributed by atoms with E-state index in [1.807, 2.05) is 0 Å². The van der Waals surface area contributed by atoms with E-state index >= 15 is 0 Å². The predicted molar refractivity (Wildman–Crippen MR) is 83.6 cm³/mol. The third kappa shape index (κ3) is 5.03. The summed E-state index contributed by atoms with van der Waals surface area (Å²) < 4.78 is 0. The number of rotatable bonds is 8. The van der Waals surface area contributed by atoms with Gasteiger partial charge in [0.25, 0.3) is 0 Å². The lowest BCUT2D eigenvalue weighted by molar-refractivity contribution is 0.0435. The second kappa shape index (κ2) is 8.20. The van der Waals surface area contributed by atoms with Crippen LogP contribution in [0.5, 0.6) is 0 Å². The van der Waals surface area contributed by atoms with Crippen molar-refractivity contribution in [1.29, 1.82) is 0 Å². The Morgan fingerprint density at radius 1 is 1.11 bits per heavy atom. The van der Waals surface area contributed by atoms with Gasteiger partial charge in [0.15, 0.2) is 0 Å². The maximum absolute atomic E-state index is 6.12. The number of likely N-dealkylation sites (tertiary alicyclic amines) is 1. The highest BCUT2D eigenvalue weighted by Gasteiger charge is 2.36. The highest BCUT2D eigenvalue weighted by molar-refractivity contribution is 4.95. The van der Waals surface area contributed by atoms with Crippen LogP contribution < -0.4 is 5.73 Å². The zero-order chi connectivity index (χ0) is 14.3. The molecule has 0 bridgehead atoms. The molecule has 0 radical (unpaired) electrons. The molecule has 0 aromatic heterocycles. The lowest BCUT2D eigenvalue weighted by atomic mass is 9.85. The Balaban J connectivity index is 2.42. The minimum atomic E-state index is 0.247. The first-order valence-electron chi connectivity index (χ1n) is 7.82. The molecule has 1 saturated heterocycles. The van der Waals surface area contributed by atoms with Crippen molar-refractivity contribution in [3.63, 3.8) is 0 Å². The first-order valence-corrected chi connectivity index (χ1v) is 7.82. The van der Waals surface area contributed by atoms with Crippen LogP contribution in [0.2, 0.25) is 0 Å². The van der Waals surface area contributed by atoms with E-state index in [2.05, 4.69) is 42.8 Å². The molecule has 1 fully saturated rings. The number of hydrogen-bond acceptors (Lipinski definition) is 4. The lowest BCUT2D eigenvalue weighted by Gasteiger charge is -2.47. The smallest absolute Gasteiger partial charge is 0.0353 e. The minimum absolute atomic E-state index is 0.247. The summed E-state index contributed by atoms with van der Waals surface area (Å²) in [6.07, 6.45) is 4.93. The molecule has 114 valence electrons. The topological polar surface area (TPSA) is 35.7 Å². The molecule has 0 amide bonds. The average molecular weight is 270 g/mol. The summed E-state index contributed by atoms with van der Waals surface area (Å²) in [7, 11) is 6.54.